The Hall–Kier alpha value is -2.78. The van der Waals surface area contributed by atoms with Crippen LogP contribution in [0.4, 0.5) is 0 Å². The number of benzene rings is 2. The summed E-state index contributed by atoms with van der Waals surface area (Å²) in [4.78, 5) is 11.9. The monoisotopic (exact) mass is 414 g/mol. The summed E-state index contributed by atoms with van der Waals surface area (Å²) in [5.74, 6) is 3.37. The molecular formula is C20H19BrN2O3. The molecule has 0 saturated heterocycles. The van der Waals surface area contributed by atoms with Gasteiger partial charge in [0.15, 0.2) is 11.5 Å². The molecule has 2 aromatic carbocycles. The van der Waals surface area contributed by atoms with E-state index in [2.05, 4.69) is 32.4 Å². The van der Waals surface area contributed by atoms with Crippen LogP contribution in [0.3, 0.4) is 0 Å². The maximum Gasteiger partial charge on any atom is 0.244 e. The number of nitrogens with zero attached hydrogens (tertiary/aromatic N) is 1. The molecule has 26 heavy (non-hydrogen) atoms. The van der Waals surface area contributed by atoms with Gasteiger partial charge in [0.05, 0.1) is 19.2 Å². The predicted octanol–water partition coefficient (Wildman–Crippen LogP) is 3.55. The van der Waals surface area contributed by atoms with Gasteiger partial charge in [-0.05, 0) is 48.4 Å². The second kappa shape index (κ2) is 10.3. The molecule has 0 saturated carbocycles. The minimum absolute atomic E-state index is 0.166. The van der Waals surface area contributed by atoms with Crippen LogP contribution >= 0.6 is 15.9 Å². The van der Waals surface area contributed by atoms with Crippen molar-refractivity contribution in [3.05, 3.63) is 58.1 Å². The number of hydrazone groups is 1. The van der Waals surface area contributed by atoms with Crippen LogP contribution in [0.15, 0.2) is 52.0 Å². The van der Waals surface area contributed by atoms with Crippen molar-refractivity contribution in [3.63, 3.8) is 0 Å². The molecule has 0 radical (unpaired) electrons. The van der Waals surface area contributed by atoms with E-state index in [0.29, 0.717) is 18.1 Å². The predicted molar refractivity (Wildman–Crippen MR) is 106 cm³/mol. The summed E-state index contributed by atoms with van der Waals surface area (Å²) < 4.78 is 11.9. The van der Waals surface area contributed by atoms with Crippen molar-refractivity contribution in [1.82, 2.24) is 5.43 Å². The number of terminal acetylenes is 1. The molecule has 2 rings (SSSR count). The fourth-order valence-corrected chi connectivity index (χ4v) is 2.38. The van der Waals surface area contributed by atoms with Crippen molar-refractivity contribution in [1.29, 1.82) is 0 Å². The molecule has 5 nitrogen and oxygen atoms in total. The van der Waals surface area contributed by atoms with E-state index in [1.807, 2.05) is 31.2 Å². The molecule has 6 heteroatoms. The van der Waals surface area contributed by atoms with Crippen LogP contribution in [-0.4, -0.2) is 25.3 Å². The largest absolute Gasteiger partial charge is 0.490 e. The van der Waals surface area contributed by atoms with Crippen LogP contribution < -0.4 is 14.9 Å². The number of ether oxygens (including phenoxy) is 2. The Morgan fingerprint density at radius 2 is 2.00 bits per heavy atom. The summed E-state index contributed by atoms with van der Waals surface area (Å²) in [6.45, 7) is 2.55. The van der Waals surface area contributed by atoms with Crippen molar-refractivity contribution in [2.75, 3.05) is 13.2 Å². The highest BCUT2D eigenvalue weighted by molar-refractivity contribution is 9.10. The molecule has 0 spiro atoms. The van der Waals surface area contributed by atoms with Gasteiger partial charge in [-0.2, -0.15) is 5.10 Å². The number of hydrogen-bond donors (Lipinski definition) is 1. The first-order valence-electron chi connectivity index (χ1n) is 8.02. The Kier molecular flexibility index (Phi) is 7.72. The summed E-state index contributed by atoms with van der Waals surface area (Å²) in [5, 5.41) is 3.99. The Labute approximate surface area is 161 Å². The summed E-state index contributed by atoms with van der Waals surface area (Å²) in [6, 6.07) is 12.9. The van der Waals surface area contributed by atoms with E-state index in [1.54, 1.807) is 24.4 Å². The van der Waals surface area contributed by atoms with Gasteiger partial charge in [-0.15, -0.1) is 6.42 Å². The fraction of sp³-hybridized carbons (Fsp3) is 0.200. The van der Waals surface area contributed by atoms with Gasteiger partial charge in [0.1, 0.15) is 6.61 Å². The molecule has 0 fully saturated rings. The highest BCUT2D eigenvalue weighted by Gasteiger charge is 2.06. The van der Waals surface area contributed by atoms with Crippen LogP contribution in [0.25, 0.3) is 0 Å². The van der Waals surface area contributed by atoms with Gasteiger partial charge < -0.3 is 9.47 Å². The van der Waals surface area contributed by atoms with Crippen LogP contribution in [0.1, 0.15) is 18.1 Å². The van der Waals surface area contributed by atoms with Crippen molar-refractivity contribution in [3.8, 4) is 23.8 Å². The molecule has 0 unspecified atom stereocenters. The van der Waals surface area contributed by atoms with E-state index < -0.39 is 0 Å². The van der Waals surface area contributed by atoms with E-state index >= 15 is 0 Å². The number of hydrogen-bond acceptors (Lipinski definition) is 4. The zero-order valence-corrected chi connectivity index (χ0v) is 16.0. The van der Waals surface area contributed by atoms with Crippen molar-refractivity contribution < 1.29 is 14.3 Å². The lowest BCUT2D eigenvalue weighted by Crippen LogP contribution is -2.19. The average molecular weight is 415 g/mol. The number of amides is 1. The lowest BCUT2D eigenvalue weighted by Gasteiger charge is -2.10. The molecule has 0 bridgehead atoms. The third-order valence-corrected chi connectivity index (χ3v) is 3.79. The normalized spacial score (nSPS) is 10.3. The second-order valence-electron chi connectivity index (χ2n) is 5.23. The number of halogens is 1. The summed E-state index contributed by atoms with van der Waals surface area (Å²) in [5.41, 5.74) is 4.20. The SMILES string of the molecule is C#CCOc1ccc(/C=N\NC(=O)Cc2ccc(Br)cc2)cc1OCC. The summed E-state index contributed by atoms with van der Waals surface area (Å²) in [7, 11) is 0. The van der Waals surface area contributed by atoms with E-state index in [9.17, 15) is 4.79 Å². The van der Waals surface area contributed by atoms with Gasteiger partial charge in [-0.1, -0.05) is 34.0 Å². The third-order valence-electron chi connectivity index (χ3n) is 3.26. The van der Waals surface area contributed by atoms with E-state index in [4.69, 9.17) is 15.9 Å². The van der Waals surface area contributed by atoms with Crippen LogP contribution in [0.2, 0.25) is 0 Å². The highest BCUT2D eigenvalue weighted by atomic mass is 79.9. The van der Waals surface area contributed by atoms with Gasteiger partial charge in [-0.25, -0.2) is 5.43 Å². The molecule has 1 amide bonds. The van der Waals surface area contributed by atoms with Crippen molar-refractivity contribution in [2.24, 2.45) is 5.10 Å². The molecule has 0 heterocycles. The van der Waals surface area contributed by atoms with Crippen LogP contribution in [0, 0.1) is 12.3 Å². The first-order chi connectivity index (χ1) is 12.6. The molecule has 0 atom stereocenters. The maximum atomic E-state index is 11.9. The standard InChI is InChI=1S/C20H19BrN2O3/c1-3-11-26-18-10-7-16(12-19(18)25-4-2)14-22-23-20(24)13-15-5-8-17(21)9-6-15/h1,5-10,12,14H,4,11,13H2,2H3,(H,23,24)/b22-14-. The van der Waals surface area contributed by atoms with Gasteiger partial charge in [0.2, 0.25) is 5.91 Å². The number of carbonyl (C=O) groups is 1. The molecular weight excluding hydrogens is 396 g/mol. The molecule has 1 N–H and O–H groups in total. The quantitative estimate of drug-likeness (QED) is 0.408. The Balaban J connectivity index is 1.96. The van der Waals surface area contributed by atoms with Crippen LogP contribution in [-0.2, 0) is 11.2 Å². The second-order valence-corrected chi connectivity index (χ2v) is 6.14. The van der Waals surface area contributed by atoms with Gasteiger partial charge in [0.25, 0.3) is 0 Å². The lowest BCUT2D eigenvalue weighted by atomic mass is 10.1. The average Bonchev–Trinajstić information content (AvgIpc) is 2.63. The minimum Gasteiger partial charge on any atom is -0.490 e. The maximum absolute atomic E-state index is 11.9. The van der Waals surface area contributed by atoms with Crippen LogP contribution in [0.5, 0.6) is 11.5 Å². The van der Waals surface area contributed by atoms with Gasteiger partial charge in [-0.3, -0.25) is 4.79 Å². The topological polar surface area (TPSA) is 59.9 Å². The smallest absolute Gasteiger partial charge is 0.244 e. The minimum atomic E-state index is -0.192. The molecule has 0 aliphatic rings. The zero-order valence-electron chi connectivity index (χ0n) is 14.4. The third kappa shape index (κ3) is 6.26. The first kappa shape index (κ1) is 19.5. The Morgan fingerprint density at radius 1 is 1.23 bits per heavy atom. The molecule has 134 valence electrons. The fourth-order valence-electron chi connectivity index (χ4n) is 2.12. The number of carbonyl (C=O) groups excluding carboxylic acids is 1. The van der Waals surface area contributed by atoms with E-state index in [-0.39, 0.29) is 18.9 Å². The highest BCUT2D eigenvalue weighted by Crippen LogP contribution is 2.27. The molecule has 2 aromatic rings. The van der Waals surface area contributed by atoms with Crippen molar-refractivity contribution >= 4 is 28.1 Å². The zero-order chi connectivity index (χ0) is 18.8. The number of rotatable bonds is 8. The molecule has 0 aliphatic carbocycles. The van der Waals surface area contributed by atoms with Gasteiger partial charge in [0, 0.05) is 4.47 Å². The number of nitrogens with one attached hydrogen (secondary N) is 1. The Bertz CT molecular complexity index is 811. The molecule has 0 aromatic heterocycles. The Morgan fingerprint density at radius 3 is 2.69 bits per heavy atom. The van der Waals surface area contributed by atoms with Gasteiger partial charge >= 0.3 is 0 Å². The lowest BCUT2D eigenvalue weighted by molar-refractivity contribution is -0.120. The first-order valence-corrected chi connectivity index (χ1v) is 8.81. The van der Waals surface area contributed by atoms with E-state index in [1.165, 1.54) is 0 Å². The molecule has 0 aliphatic heterocycles. The van der Waals surface area contributed by atoms with E-state index in [0.717, 1.165) is 15.6 Å². The van der Waals surface area contributed by atoms with Crippen molar-refractivity contribution in [2.45, 2.75) is 13.3 Å². The summed E-state index contributed by atoms with van der Waals surface area (Å²) >= 11 is 3.36. The summed E-state index contributed by atoms with van der Waals surface area (Å²) in [6.07, 6.45) is 7.01.